The summed E-state index contributed by atoms with van der Waals surface area (Å²) in [7, 11) is 5.64. The molecule has 0 aromatic heterocycles. The minimum absolute atomic E-state index is 0.0656. The minimum atomic E-state index is -0.336. The molecule has 0 aliphatic carbocycles. The van der Waals surface area contributed by atoms with Crippen molar-refractivity contribution in [3.05, 3.63) is 93.3 Å². The van der Waals surface area contributed by atoms with E-state index in [-0.39, 0.29) is 17.0 Å². The molecule has 1 N–H and O–H groups in total. The molecule has 0 spiro atoms. The number of phenols is 1. The van der Waals surface area contributed by atoms with Crippen molar-refractivity contribution in [3.63, 3.8) is 0 Å². The van der Waals surface area contributed by atoms with E-state index in [1.165, 1.54) is 6.07 Å². The Morgan fingerprint density at radius 3 is 2.51 bits per heavy atom. The second-order valence-electron chi connectivity index (χ2n) is 8.84. The van der Waals surface area contributed by atoms with Gasteiger partial charge in [0.2, 0.25) is 0 Å². The Morgan fingerprint density at radius 2 is 1.84 bits per heavy atom. The minimum Gasteiger partial charge on any atom is -0.507 e. The maximum atomic E-state index is 12.5. The Kier molecular flexibility index (Phi) is 6.95. The van der Waals surface area contributed by atoms with Crippen molar-refractivity contribution in [1.82, 2.24) is 5.01 Å². The Bertz CT molecular complexity index is 1430. The number of amidine groups is 1. The van der Waals surface area contributed by atoms with Crippen molar-refractivity contribution in [2.24, 2.45) is 10.1 Å². The number of carbonyl (C=O) groups is 1. The zero-order chi connectivity index (χ0) is 26.1. The number of carbonyl (C=O) groups excluding carboxylic acids is 1. The average molecular weight is 533 g/mol. The maximum absolute atomic E-state index is 12.5. The first-order valence-electron chi connectivity index (χ1n) is 11.6. The van der Waals surface area contributed by atoms with Crippen LogP contribution in [0.15, 0.2) is 81.7 Å². The first-order valence-corrected chi connectivity index (χ1v) is 12.8. The first-order chi connectivity index (χ1) is 17.8. The summed E-state index contributed by atoms with van der Waals surface area (Å²) in [5, 5.41) is 17.3. The third kappa shape index (κ3) is 5.21. The van der Waals surface area contributed by atoms with Crippen LogP contribution in [0.2, 0.25) is 5.02 Å². The van der Waals surface area contributed by atoms with Gasteiger partial charge in [-0.05, 0) is 83.6 Å². The van der Waals surface area contributed by atoms with Crippen LogP contribution in [-0.2, 0) is 0 Å². The van der Waals surface area contributed by atoms with Gasteiger partial charge in [-0.1, -0.05) is 23.7 Å². The number of thioether (sulfide) groups is 1. The lowest BCUT2D eigenvalue weighted by atomic mass is 9.98. The van der Waals surface area contributed by atoms with Gasteiger partial charge in [-0.25, -0.2) is 5.01 Å². The number of anilines is 1. The van der Waals surface area contributed by atoms with Gasteiger partial charge in [-0.15, -0.1) is 0 Å². The van der Waals surface area contributed by atoms with E-state index in [2.05, 4.69) is 29.3 Å². The number of amides is 1. The number of ether oxygens (including phenoxy) is 1. The number of aromatic hydroxyl groups is 1. The molecule has 0 fully saturated rings. The predicted octanol–water partition coefficient (Wildman–Crippen LogP) is 6.58. The molecule has 3 aromatic rings. The van der Waals surface area contributed by atoms with Crippen molar-refractivity contribution >= 4 is 51.9 Å². The summed E-state index contributed by atoms with van der Waals surface area (Å²) in [6.45, 7) is 0. The monoisotopic (exact) mass is 532 g/mol. The normalized spacial score (nSPS) is 18.3. The van der Waals surface area contributed by atoms with Gasteiger partial charge < -0.3 is 14.7 Å². The number of methoxy groups -OCH3 is 1. The van der Waals surface area contributed by atoms with Crippen molar-refractivity contribution < 1.29 is 14.6 Å². The van der Waals surface area contributed by atoms with Crippen LogP contribution in [0.4, 0.5) is 10.5 Å². The predicted molar refractivity (Wildman–Crippen MR) is 151 cm³/mol. The Hall–Kier alpha value is -3.75. The van der Waals surface area contributed by atoms with Gasteiger partial charge in [0, 0.05) is 36.8 Å². The number of aliphatic imine (C=N–C) groups is 1. The van der Waals surface area contributed by atoms with Gasteiger partial charge in [0.15, 0.2) is 5.84 Å². The highest BCUT2D eigenvalue weighted by molar-refractivity contribution is 8.18. The maximum Gasteiger partial charge on any atom is 0.311 e. The van der Waals surface area contributed by atoms with Crippen LogP contribution in [-0.4, -0.2) is 48.1 Å². The smallest absolute Gasteiger partial charge is 0.311 e. The largest absolute Gasteiger partial charge is 0.507 e. The highest BCUT2D eigenvalue weighted by Gasteiger charge is 2.37. The van der Waals surface area contributed by atoms with Gasteiger partial charge in [0.1, 0.15) is 11.5 Å². The van der Waals surface area contributed by atoms with Gasteiger partial charge >= 0.3 is 5.24 Å². The van der Waals surface area contributed by atoms with Crippen LogP contribution in [0, 0.1) is 0 Å². The van der Waals surface area contributed by atoms with Crippen LogP contribution in [0.25, 0.3) is 6.08 Å². The fourth-order valence-corrected chi connectivity index (χ4v) is 5.18. The lowest BCUT2D eigenvalue weighted by Crippen LogP contribution is -2.26. The summed E-state index contributed by atoms with van der Waals surface area (Å²) >= 11 is 7.16. The van der Waals surface area contributed by atoms with Crippen molar-refractivity contribution in [3.8, 4) is 11.5 Å². The molecule has 7 nitrogen and oxygen atoms in total. The van der Waals surface area contributed by atoms with Crippen LogP contribution in [0.1, 0.15) is 29.2 Å². The fraction of sp³-hybridized carbons (Fsp3) is 0.179. The molecular weight excluding hydrogens is 508 g/mol. The van der Waals surface area contributed by atoms with E-state index in [1.54, 1.807) is 25.3 Å². The fourth-order valence-electron chi connectivity index (χ4n) is 4.26. The van der Waals surface area contributed by atoms with Gasteiger partial charge in [0.05, 0.1) is 23.8 Å². The molecule has 0 radical (unpaired) electrons. The third-order valence-electron chi connectivity index (χ3n) is 6.24. The molecular formula is C28H25ClN4O3S. The summed E-state index contributed by atoms with van der Waals surface area (Å²) < 4.78 is 5.30. The number of halogens is 1. The molecule has 0 bridgehead atoms. The molecule has 9 heteroatoms. The van der Waals surface area contributed by atoms with Gasteiger partial charge in [-0.2, -0.15) is 10.1 Å². The highest BCUT2D eigenvalue weighted by atomic mass is 35.5. The molecule has 37 heavy (non-hydrogen) atoms. The number of benzene rings is 3. The second-order valence-corrected chi connectivity index (χ2v) is 10.3. The second kappa shape index (κ2) is 10.3. The van der Waals surface area contributed by atoms with Crippen molar-refractivity contribution in [2.45, 2.75) is 12.5 Å². The lowest BCUT2D eigenvalue weighted by Gasteiger charge is -2.24. The van der Waals surface area contributed by atoms with E-state index < -0.39 is 0 Å². The third-order valence-corrected chi connectivity index (χ3v) is 7.26. The summed E-state index contributed by atoms with van der Waals surface area (Å²) in [6, 6.07) is 20.7. The molecule has 0 saturated carbocycles. The summed E-state index contributed by atoms with van der Waals surface area (Å²) in [5.74, 6) is 1.28. The molecule has 2 aliphatic rings. The van der Waals surface area contributed by atoms with Crippen LogP contribution < -0.4 is 9.64 Å². The number of hydrazone groups is 1. The van der Waals surface area contributed by atoms with E-state index in [1.807, 2.05) is 48.3 Å². The number of phenolic OH excluding ortho intramolecular Hbond substituents is 1. The van der Waals surface area contributed by atoms with Crippen molar-refractivity contribution in [2.75, 3.05) is 26.1 Å². The molecule has 2 heterocycles. The molecule has 2 aliphatic heterocycles. The molecule has 1 atom stereocenters. The molecule has 0 saturated heterocycles. The quantitative estimate of drug-likeness (QED) is 0.400. The molecule has 3 aromatic carbocycles. The zero-order valence-corrected chi connectivity index (χ0v) is 22.1. The van der Waals surface area contributed by atoms with E-state index in [9.17, 15) is 9.90 Å². The highest BCUT2D eigenvalue weighted by Crippen LogP contribution is 2.40. The topological polar surface area (TPSA) is 77.7 Å². The number of hydrogen-bond acceptors (Lipinski definition) is 7. The number of hydrogen-bond donors (Lipinski definition) is 1. The lowest BCUT2D eigenvalue weighted by molar-refractivity contribution is 0.267. The first kappa shape index (κ1) is 24.9. The van der Waals surface area contributed by atoms with Crippen LogP contribution >= 0.6 is 23.4 Å². The van der Waals surface area contributed by atoms with E-state index in [4.69, 9.17) is 21.4 Å². The summed E-state index contributed by atoms with van der Waals surface area (Å²) in [5.41, 5.74) is 4.48. The van der Waals surface area contributed by atoms with Crippen LogP contribution in [0.3, 0.4) is 0 Å². The summed E-state index contributed by atoms with van der Waals surface area (Å²) in [4.78, 5) is 19.5. The zero-order valence-electron chi connectivity index (χ0n) is 20.6. The standard InChI is InChI=1S/C28H25ClN4O3S/c1-32(2)21-9-4-18(5-10-21)24-16-23(17-6-11-22(36-3)12-7-17)31-33(24)27-26(37-28(35)30-27)15-19-14-20(29)8-13-25(19)34/h4-15,24,34H,16H2,1-3H3/b26-15-. The van der Waals surface area contributed by atoms with E-state index >= 15 is 0 Å². The SMILES string of the molecule is COc1ccc(C2=NN(C3=NC(=O)S/C3=C\c3cc(Cl)ccc3O)C(c3ccc(N(C)C)cc3)C2)cc1. The number of rotatable bonds is 5. The molecule has 1 amide bonds. The number of nitrogens with zero attached hydrogens (tertiary/aromatic N) is 4. The van der Waals surface area contributed by atoms with Gasteiger partial charge in [-0.3, -0.25) is 4.79 Å². The molecule has 188 valence electrons. The molecule has 5 rings (SSSR count). The van der Waals surface area contributed by atoms with Crippen LogP contribution in [0.5, 0.6) is 11.5 Å². The van der Waals surface area contributed by atoms with E-state index in [0.717, 1.165) is 40.0 Å². The Balaban J connectivity index is 1.57. The Morgan fingerprint density at radius 1 is 1.11 bits per heavy atom. The average Bonchev–Trinajstić information content (AvgIpc) is 3.49. The molecule has 1 unspecified atom stereocenters. The summed E-state index contributed by atoms with van der Waals surface area (Å²) in [6.07, 6.45) is 2.35. The van der Waals surface area contributed by atoms with E-state index in [0.29, 0.717) is 27.7 Å². The van der Waals surface area contributed by atoms with Gasteiger partial charge in [0.25, 0.3) is 0 Å². The van der Waals surface area contributed by atoms with Crippen molar-refractivity contribution in [1.29, 1.82) is 0 Å². The Labute approximate surface area is 224 Å².